The summed E-state index contributed by atoms with van der Waals surface area (Å²) in [7, 11) is 1.68. The van der Waals surface area contributed by atoms with Gasteiger partial charge in [0.2, 0.25) is 0 Å². The lowest BCUT2D eigenvalue weighted by molar-refractivity contribution is -0.896. The lowest BCUT2D eigenvalue weighted by Crippen LogP contribution is -3.11. The van der Waals surface area contributed by atoms with Crippen LogP contribution in [0.25, 0.3) is 10.9 Å². The van der Waals surface area contributed by atoms with E-state index >= 15 is 0 Å². The van der Waals surface area contributed by atoms with Crippen LogP contribution in [0.4, 0.5) is 0 Å². The van der Waals surface area contributed by atoms with E-state index in [1.165, 1.54) is 5.56 Å². The minimum Gasteiger partial charge on any atom is -0.383 e. The van der Waals surface area contributed by atoms with Crippen molar-refractivity contribution in [3.05, 3.63) is 45.7 Å². The zero-order chi connectivity index (χ0) is 21.9. The van der Waals surface area contributed by atoms with Crippen molar-refractivity contribution in [2.24, 2.45) is 0 Å². The first-order valence-corrected chi connectivity index (χ1v) is 11.4. The number of hydrogen-bond donors (Lipinski definition) is 3. The first kappa shape index (κ1) is 24.3. The Morgan fingerprint density at radius 1 is 1.23 bits per heavy atom. The van der Waals surface area contributed by atoms with Gasteiger partial charge in [0.1, 0.15) is 0 Å². The Bertz CT molecular complexity index is 864. The second-order valence-electron chi connectivity index (χ2n) is 7.61. The number of fused-ring (bicyclic) bond motifs is 1. The van der Waals surface area contributed by atoms with Crippen molar-refractivity contribution in [3.63, 3.8) is 0 Å². The molecule has 0 aliphatic carbocycles. The zero-order valence-electron chi connectivity index (χ0n) is 18.8. The Morgan fingerprint density at radius 3 is 2.67 bits per heavy atom. The van der Waals surface area contributed by atoms with Gasteiger partial charge in [-0.15, -0.1) is 0 Å². The van der Waals surface area contributed by atoms with E-state index < -0.39 is 0 Å². The van der Waals surface area contributed by atoms with Crippen molar-refractivity contribution in [1.82, 2.24) is 15.2 Å². The minimum atomic E-state index is -0.0502. The molecule has 0 bridgehead atoms. The number of nitrogens with zero attached hydrogens (tertiary/aromatic N) is 1. The van der Waals surface area contributed by atoms with E-state index in [4.69, 9.17) is 17.0 Å². The van der Waals surface area contributed by atoms with Crippen molar-refractivity contribution < 1.29 is 9.64 Å². The maximum absolute atomic E-state index is 12.7. The van der Waals surface area contributed by atoms with Gasteiger partial charge in [0.15, 0.2) is 5.11 Å². The number of thiocarbonyl (C=S) groups is 1. The molecule has 2 aromatic rings. The number of aromatic nitrogens is 1. The molecular formula is C23H37N4O2S+. The predicted octanol–water partition coefficient (Wildman–Crippen LogP) is 1.73. The molecule has 0 radical (unpaired) electrons. The highest BCUT2D eigenvalue weighted by Crippen LogP contribution is 2.15. The molecule has 0 saturated heterocycles. The van der Waals surface area contributed by atoms with E-state index in [0.717, 1.165) is 55.5 Å². The van der Waals surface area contributed by atoms with Gasteiger partial charge in [-0.2, -0.15) is 0 Å². The second kappa shape index (κ2) is 12.7. The maximum atomic E-state index is 12.7. The summed E-state index contributed by atoms with van der Waals surface area (Å²) in [5, 5.41) is 4.99. The molecule has 1 aromatic carbocycles. The third kappa shape index (κ3) is 7.07. The molecule has 166 valence electrons. The Kier molecular flexibility index (Phi) is 10.3. The van der Waals surface area contributed by atoms with Gasteiger partial charge in [-0.1, -0.05) is 13.0 Å². The first-order valence-electron chi connectivity index (χ1n) is 11.0. The van der Waals surface area contributed by atoms with Crippen LogP contribution < -0.4 is 15.8 Å². The van der Waals surface area contributed by atoms with E-state index in [0.29, 0.717) is 24.8 Å². The van der Waals surface area contributed by atoms with E-state index in [2.05, 4.69) is 48.1 Å². The summed E-state index contributed by atoms with van der Waals surface area (Å²) in [6, 6.07) is 8.21. The van der Waals surface area contributed by atoms with Gasteiger partial charge in [0.05, 0.1) is 32.8 Å². The van der Waals surface area contributed by atoms with Gasteiger partial charge < -0.3 is 24.8 Å². The summed E-state index contributed by atoms with van der Waals surface area (Å²) in [6.07, 6.45) is 1.99. The summed E-state index contributed by atoms with van der Waals surface area (Å²) in [4.78, 5) is 19.4. The number of benzene rings is 1. The van der Waals surface area contributed by atoms with Crippen LogP contribution in [0.1, 0.15) is 38.3 Å². The highest BCUT2D eigenvalue weighted by atomic mass is 32.1. The van der Waals surface area contributed by atoms with Crippen molar-refractivity contribution >= 4 is 28.2 Å². The highest BCUT2D eigenvalue weighted by molar-refractivity contribution is 7.80. The molecule has 2 rings (SSSR count). The molecule has 0 atom stereocenters. The van der Waals surface area contributed by atoms with Gasteiger partial charge >= 0.3 is 0 Å². The molecule has 0 spiro atoms. The summed E-state index contributed by atoms with van der Waals surface area (Å²) in [5.74, 6) is 0. The molecule has 0 aliphatic heterocycles. The molecule has 0 saturated carbocycles. The van der Waals surface area contributed by atoms with Crippen LogP contribution in [0.3, 0.4) is 0 Å². The van der Waals surface area contributed by atoms with Crippen molar-refractivity contribution in [2.45, 2.75) is 40.2 Å². The van der Waals surface area contributed by atoms with E-state index in [1.54, 1.807) is 12.0 Å². The molecule has 6 nitrogen and oxygen atoms in total. The summed E-state index contributed by atoms with van der Waals surface area (Å²) < 4.78 is 5.12. The van der Waals surface area contributed by atoms with Gasteiger partial charge in [-0.05, 0) is 61.6 Å². The molecule has 30 heavy (non-hydrogen) atoms. The van der Waals surface area contributed by atoms with Crippen LogP contribution in [0.5, 0.6) is 0 Å². The number of pyridine rings is 1. The van der Waals surface area contributed by atoms with Gasteiger partial charge in [0.25, 0.3) is 5.56 Å². The fraction of sp³-hybridized carbons (Fsp3) is 0.565. The minimum absolute atomic E-state index is 0.0502. The largest absolute Gasteiger partial charge is 0.383 e. The number of aromatic amines is 1. The van der Waals surface area contributed by atoms with Crippen molar-refractivity contribution in [1.29, 1.82) is 0 Å². The summed E-state index contributed by atoms with van der Waals surface area (Å²) >= 11 is 5.64. The highest BCUT2D eigenvalue weighted by Gasteiger charge is 2.14. The van der Waals surface area contributed by atoms with Crippen LogP contribution in [-0.2, 0) is 17.7 Å². The van der Waals surface area contributed by atoms with Gasteiger partial charge in [-0.3, -0.25) is 4.79 Å². The Labute approximate surface area is 185 Å². The number of H-pyrrole nitrogens is 1. The molecular weight excluding hydrogens is 396 g/mol. The lowest BCUT2D eigenvalue weighted by atomic mass is 10.1. The fourth-order valence-electron chi connectivity index (χ4n) is 3.59. The Balaban J connectivity index is 2.19. The quantitative estimate of drug-likeness (QED) is 0.352. The van der Waals surface area contributed by atoms with E-state index in [9.17, 15) is 4.79 Å². The predicted molar refractivity (Wildman–Crippen MR) is 128 cm³/mol. The molecule has 1 aromatic heterocycles. The van der Waals surface area contributed by atoms with E-state index in [1.807, 2.05) is 12.1 Å². The fourth-order valence-corrected chi connectivity index (χ4v) is 3.85. The molecule has 0 unspecified atom stereocenters. The zero-order valence-corrected chi connectivity index (χ0v) is 19.7. The number of methoxy groups -OCH3 is 1. The SMILES string of the molecule is CCc1ccc2[nH]c(=O)c(CN(CCC[NH+](CC)CC)C(=S)NCCOC)cc2c1. The van der Waals surface area contributed by atoms with Gasteiger partial charge in [0, 0.05) is 37.7 Å². The number of nitrogens with one attached hydrogen (secondary N) is 3. The smallest absolute Gasteiger partial charge is 0.253 e. The third-order valence-corrected chi connectivity index (χ3v) is 5.99. The maximum Gasteiger partial charge on any atom is 0.253 e. The number of rotatable bonds is 12. The van der Waals surface area contributed by atoms with Gasteiger partial charge in [-0.25, -0.2) is 0 Å². The van der Waals surface area contributed by atoms with Crippen LogP contribution in [-0.4, -0.2) is 61.4 Å². The van der Waals surface area contributed by atoms with Crippen molar-refractivity contribution in [2.75, 3.05) is 46.4 Å². The number of quaternary nitrogens is 1. The molecule has 3 N–H and O–H groups in total. The Morgan fingerprint density at radius 2 is 2.00 bits per heavy atom. The topological polar surface area (TPSA) is 61.8 Å². The number of ether oxygens (including phenoxy) is 1. The average molecular weight is 434 g/mol. The van der Waals surface area contributed by atoms with Crippen LogP contribution in [0, 0.1) is 0 Å². The average Bonchev–Trinajstić information content (AvgIpc) is 2.76. The molecule has 0 fully saturated rings. The summed E-state index contributed by atoms with van der Waals surface area (Å²) in [6.45, 7) is 12.5. The lowest BCUT2D eigenvalue weighted by Gasteiger charge is -2.26. The standard InChI is InChI=1S/C23H36N4O2S/c1-5-18-9-10-21-19(15-18)16-20(22(28)25-21)17-27(23(30)24-11-14-29-4)13-8-12-26(6-2)7-3/h9-10,15-16H,5-8,11-14,17H2,1-4H3,(H,24,30)(H,25,28)/p+1. The van der Waals surface area contributed by atoms with Crippen molar-refractivity contribution in [3.8, 4) is 0 Å². The monoisotopic (exact) mass is 433 g/mol. The summed E-state index contributed by atoms with van der Waals surface area (Å²) in [5.41, 5.74) is 2.82. The normalized spacial score (nSPS) is 11.2. The number of hydrogen-bond acceptors (Lipinski definition) is 3. The second-order valence-corrected chi connectivity index (χ2v) is 7.99. The molecule has 0 aliphatic rings. The third-order valence-electron chi connectivity index (χ3n) is 5.58. The van der Waals surface area contributed by atoms with Crippen LogP contribution in [0.15, 0.2) is 29.1 Å². The van der Waals surface area contributed by atoms with E-state index in [-0.39, 0.29) is 5.56 Å². The molecule has 7 heteroatoms. The van der Waals surface area contributed by atoms with Crippen LogP contribution >= 0.6 is 12.2 Å². The van der Waals surface area contributed by atoms with Crippen LogP contribution in [0.2, 0.25) is 0 Å². The first-order chi connectivity index (χ1) is 14.5. The molecule has 1 heterocycles. The Hall–Kier alpha value is -1.96. The molecule has 0 amide bonds. The number of aryl methyl sites for hydroxylation is 1.